The zero-order valence-electron chi connectivity index (χ0n) is 10.7. The molecule has 0 fully saturated rings. The Morgan fingerprint density at radius 3 is 2.83 bits per heavy atom. The molecule has 0 saturated heterocycles. The van der Waals surface area contributed by atoms with Crippen LogP contribution in [0.3, 0.4) is 0 Å². The van der Waals surface area contributed by atoms with Gasteiger partial charge in [-0.25, -0.2) is 4.98 Å². The van der Waals surface area contributed by atoms with E-state index in [9.17, 15) is 0 Å². The summed E-state index contributed by atoms with van der Waals surface area (Å²) >= 11 is 7.62. The van der Waals surface area contributed by atoms with Crippen molar-refractivity contribution in [3.05, 3.63) is 23.2 Å². The first kappa shape index (κ1) is 13.6. The Labute approximate surface area is 117 Å². The molecule has 3 nitrogen and oxygen atoms in total. The molecule has 0 bridgehead atoms. The standard InChI is InChI=1S/C13H18ClN3S/c1-3-17(4-2)8-7-15-13-16-11-9-10(14)5-6-12(11)18-13/h5-6,9H,3-4,7-8H2,1-2H3,(H,15,16). The number of aromatic nitrogens is 1. The molecule has 2 rings (SSSR count). The zero-order valence-corrected chi connectivity index (χ0v) is 12.3. The highest BCUT2D eigenvalue weighted by molar-refractivity contribution is 7.22. The van der Waals surface area contributed by atoms with E-state index < -0.39 is 0 Å². The fraction of sp³-hybridized carbons (Fsp3) is 0.462. The van der Waals surface area contributed by atoms with Crippen LogP contribution in [0, 0.1) is 0 Å². The van der Waals surface area contributed by atoms with E-state index in [-0.39, 0.29) is 0 Å². The normalized spacial score (nSPS) is 11.3. The van der Waals surface area contributed by atoms with Crippen LogP contribution >= 0.6 is 22.9 Å². The van der Waals surface area contributed by atoms with Crippen molar-refractivity contribution >= 4 is 38.3 Å². The van der Waals surface area contributed by atoms with Gasteiger partial charge in [0.25, 0.3) is 0 Å². The Kier molecular flexibility index (Phi) is 4.80. The van der Waals surface area contributed by atoms with Gasteiger partial charge < -0.3 is 10.2 Å². The van der Waals surface area contributed by atoms with E-state index in [0.717, 1.165) is 41.8 Å². The minimum absolute atomic E-state index is 0.738. The third kappa shape index (κ3) is 3.34. The van der Waals surface area contributed by atoms with E-state index in [1.54, 1.807) is 11.3 Å². The smallest absolute Gasteiger partial charge is 0.183 e. The van der Waals surface area contributed by atoms with E-state index in [2.05, 4.69) is 29.0 Å². The maximum absolute atomic E-state index is 5.95. The van der Waals surface area contributed by atoms with Crippen molar-refractivity contribution in [2.75, 3.05) is 31.5 Å². The number of fused-ring (bicyclic) bond motifs is 1. The van der Waals surface area contributed by atoms with Gasteiger partial charge in [-0.3, -0.25) is 0 Å². The summed E-state index contributed by atoms with van der Waals surface area (Å²) in [6.45, 7) is 8.52. The van der Waals surface area contributed by atoms with E-state index in [0.29, 0.717) is 0 Å². The topological polar surface area (TPSA) is 28.2 Å². The summed E-state index contributed by atoms with van der Waals surface area (Å²) in [7, 11) is 0. The molecule has 0 aliphatic carbocycles. The molecule has 0 aliphatic heterocycles. The van der Waals surface area contributed by atoms with Crippen LogP contribution in [0.2, 0.25) is 5.02 Å². The van der Waals surface area contributed by atoms with Crippen molar-refractivity contribution in [2.45, 2.75) is 13.8 Å². The van der Waals surface area contributed by atoms with Crippen LogP contribution < -0.4 is 5.32 Å². The lowest BCUT2D eigenvalue weighted by Gasteiger charge is -2.17. The lowest BCUT2D eigenvalue weighted by atomic mass is 10.3. The molecule has 0 unspecified atom stereocenters. The fourth-order valence-electron chi connectivity index (χ4n) is 1.84. The van der Waals surface area contributed by atoms with Crippen molar-refractivity contribution in [3.63, 3.8) is 0 Å². The minimum atomic E-state index is 0.738. The van der Waals surface area contributed by atoms with E-state index in [4.69, 9.17) is 11.6 Å². The molecular weight excluding hydrogens is 266 g/mol. The lowest BCUT2D eigenvalue weighted by Crippen LogP contribution is -2.28. The molecular formula is C13H18ClN3S. The van der Waals surface area contributed by atoms with E-state index in [1.807, 2.05) is 18.2 Å². The molecule has 0 aliphatic rings. The van der Waals surface area contributed by atoms with Crippen molar-refractivity contribution in [1.29, 1.82) is 0 Å². The van der Waals surface area contributed by atoms with Gasteiger partial charge in [0.1, 0.15) is 0 Å². The Morgan fingerprint density at radius 2 is 2.11 bits per heavy atom. The van der Waals surface area contributed by atoms with Gasteiger partial charge in [-0.05, 0) is 31.3 Å². The van der Waals surface area contributed by atoms with E-state index >= 15 is 0 Å². The number of rotatable bonds is 6. The summed E-state index contributed by atoms with van der Waals surface area (Å²) in [5.41, 5.74) is 0.970. The van der Waals surface area contributed by atoms with Gasteiger partial charge in [0.15, 0.2) is 5.13 Å². The first-order valence-electron chi connectivity index (χ1n) is 6.25. The summed E-state index contributed by atoms with van der Waals surface area (Å²) in [6.07, 6.45) is 0. The number of benzene rings is 1. The summed E-state index contributed by atoms with van der Waals surface area (Å²) in [5.74, 6) is 0. The Hall–Kier alpha value is -0.840. The van der Waals surface area contributed by atoms with Crippen molar-refractivity contribution < 1.29 is 0 Å². The van der Waals surface area contributed by atoms with Gasteiger partial charge in [-0.15, -0.1) is 0 Å². The van der Waals surface area contributed by atoms with Crippen molar-refractivity contribution in [3.8, 4) is 0 Å². The van der Waals surface area contributed by atoms with Gasteiger partial charge in [-0.1, -0.05) is 36.8 Å². The van der Waals surface area contributed by atoms with Gasteiger partial charge in [-0.2, -0.15) is 0 Å². The second kappa shape index (κ2) is 6.36. The van der Waals surface area contributed by atoms with Crippen LogP contribution in [0.1, 0.15) is 13.8 Å². The lowest BCUT2D eigenvalue weighted by molar-refractivity contribution is 0.316. The molecule has 2 aromatic rings. The molecule has 1 N–H and O–H groups in total. The molecule has 0 saturated carbocycles. The predicted octanol–water partition coefficient (Wildman–Crippen LogP) is 3.70. The minimum Gasteiger partial charge on any atom is -0.360 e. The third-order valence-electron chi connectivity index (χ3n) is 2.95. The molecule has 5 heteroatoms. The number of nitrogens with one attached hydrogen (secondary N) is 1. The second-order valence-corrected chi connectivity index (χ2v) is 5.55. The largest absolute Gasteiger partial charge is 0.360 e. The van der Waals surface area contributed by atoms with Crippen LogP contribution in [0.25, 0.3) is 10.2 Å². The zero-order chi connectivity index (χ0) is 13.0. The quantitative estimate of drug-likeness (QED) is 0.876. The van der Waals surface area contributed by atoms with Gasteiger partial charge >= 0.3 is 0 Å². The number of nitrogens with zero attached hydrogens (tertiary/aromatic N) is 2. The van der Waals surface area contributed by atoms with Crippen LogP contribution in [0.15, 0.2) is 18.2 Å². The van der Waals surface area contributed by atoms with Gasteiger partial charge in [0.2, 0.25) is 0 Å². The maximum atomic E-state index is 5.95. The molecule has 0 amide bonds. The average Bonchev–Trinajstić information content (AvgIpc) is 2.76. The van der Waals surface area contributed by atoms with Crippen molar-refractivity contribution in [2.24, 2.45) is 0 Å². The van der Waals surface area contributed by atoms with Gasteiger partial charge in [0.05, 0.1) is 10.2 Å². The number of halogens is 1. The number of anilines is 1. The van der Waals surface area contributed by atoms with Crippen molar-refractivity contribution in [1.82, 2.24) is 9.88 Å². The predicted molar refractivity (Wildman–Crippen MR) is 80.9 cm³/mol. The SMILES string of the molecule is CCN(CC)CCNc1nc2cc(Cl)ccc2s1. The van der Waals surface area contributed by atoms with Crippen LogP contribution in [-0.2, 0) is 0 Å². The first-order valence-corrected chi connectivity index (χ1v) is 7.44. The Balaban J connectivity index is 1.95. The molecule has 0 spiro atoms. The van der Waals surface area contributed by atoms with Gasteiger partial charge in [0, 0.05) is 18.1 Å². The number of likely N-dealkylation sites (N-methyl/N-ethyl adjacent to an activating group) is 1. The number of hydrogen-bond donors (Lipinski definition) is 1. The molecule has 18 heavy (non-hydrogen) atoms. The summed E-state index contributed by atoms with van der Waals surface area (Å²) in [4.78, 5) is 6.91. The molecule has 0 atom stereocenters. The number of thiazole rings is 1. The number of hydrogen-bond acceptors (Lipinski definition) is 4. The first-order chi connectivity index (χ1) is 8.72. The molecule has 98 valence electrons. The summed E-state index contributed by atoms with van der Waals surface area (Å²) in [5, 5.41) is 5.09. The molecule has 0 radical (unpaired) electrons. The molecule has 1 aromatic carbocycles. The second-order valence-electron chi connectivity index (χ2n) is 4.08. The fourth-order valence-corrected chi connectivity index (χ4v) is 2.88. The summed E-state index contributed by atoms with van der Waals surface area (Å²) in [6, 6.07) is 5.83. The average molecular weight is 284 g/mol. The van der Waals surface area contributed by atoms with E-state index in [1.165, 1.54) is 4.70 Å². The molecule has 1 aromatic heterocycles. The Morgan fingerprint density at radius 1 is 1.33 bits per heavy atom. The highest BCUT2D eigenvalue weighted by atomic mass is 35.5. The monoisotopic (exact) mass is 283 g/mol. The summed E-state index contributed by atoms with van der Waals surface area (Å²) < 4.78 is 1.17. The Bertz CT molecular complexity index is 508. The maximum Gasteiger partial charge on any atom is 0.183 e. The van der Waals surface area contributed by atoms with Crippen LogP contribution in [0.4, 0.5) is 5.13 Å². The highest BCUT2D eigenvalue weighted by Crippen LogP contribution is 2.27. The van der Waals surface area contributed by atoms with Crippen LogP contribution in [-0.4, -0.2) is 36.1 Å². The highest BCUT2D eigenvalue weighted by Gasteiger charge is 2.04. The third-order valence-corrected chi connectivity index (χ3v) is 4.18. The molecule has 1 heterocycles. The van der Waals surface area contributed by atoms with Crippen LogP contribution in [0.5, 0.6) is 0 Å².